The van der Waals surface area contributed by atoms with Gasteiger partial charge in [0.2, 0.25) is 5.91 Å². The number of nitrogens with zero attached hydrogens (tertiary/aromatic N) is 2. The van der Waals surface area contributed by atoms with E-state index in [-0.39, 0.29) is 11.3 Å². The average Bonchev–Trinajstić information content (AvgIpc) is 2.56. The van der Waals surface area contributed by atoms with Gasteiger partial charge in [0.15, 0.2) is 0 Å². The second kappa shape index (κ2) is 4.25. The van der Waals surface area contributed by atoms with Gasteiger partial charge < -0.3 is 10.6 Å². The summed E-state index contributed by atoms with van der Waals surface area (Å²) in [6.45, 7) is 4.93. The van der Waals surface area contributed by atoms with Crippen LogP contribution in [0.5, 0.6) is 0 Å². The molecule has 0 saturated heterocycles. The van der Waals surface area contributed by atoms with E-state index in [0.29, 0.717) is 0 Å². The van der Waals surface area contributed by atoms with Gasteiger partial charge in [0.25, 0.3) is 0 Å². The number of carbonyl (C=O) groups excluding carboxylic acids is 1. The second-order valence-electron chi connectivity index (χ2n) is 6.20. The Morgan fingerprint density at radius 2 is 2.05 bits per heavy atom. The van der Waals surface area contributed by atoms with Crippen LogP contribution in [0, 0.1) is 18.3 Å². The van der Waals surface area contributed by atoms with Gasteiger partial charge in [0.1, 0.15) is 11.5 Å². The van der Waals surface area contributed by atoms with Crippen LogP contribution >= 0.6 is 0 Å². The molecule has 1 aromatic heterocycles. The van der Waals surface area contributed by atoms with E-state index in [0.717, 1.165) is 55.3 Å². The quantitative estimate of drug-likeness (QED) is 0.754. The van der Waals surface area contributed by atoms with Crippen molar-refractivity contribution in [1.29, 1.82) is 0 Å². The minimum absolute atomic E-state index is 0.168. The molecule has 1 saturated carbocycles. The molecule has 0 unspecified atom stereocenters. The van der Waals surface area contributed by atoms with Gasteiger partial charge in [-0.3, -0.25) is 9.48 Å². The molecule has 0 aromatic carbocycles. The summed E-state index contributed by atoms with van der Waals surface area (Å²) in [7, 11) is 1.91. The van der Waals surface area contributed by atoms with Crippen LogP contribution < -0.4 is 10.6 Å². The predicted molar refractivity (Wildman–Crippen MR) is 75.1 cm³/mol. The fraction of sp³-hybridized carbons (Fsp3) is 0.714. The molecule has 104 valence electrons. The second-order valence-corrected chi connectivity index (χ2v) is 6.20. The Morgan fingerprint density at radius 3 is 2.74 bits per heavy atom. The minimum Gasteiger partial charge on any atom is -0.367 e. The number of rotatable bonds is 0. The third-order valence-corrected chi connectivity index (χ3v) is 4.77. The van der Waals surface area contributed by atoms with Crippen molar-refractivity contribution in [2.75, 3.05) is 17.2 Å². The zero-order chi connectivity index (χ0) is 13.6. The van der Waals surface area contributed by atoms with E-state index < -0.39 is 0 Å². The molecule has 1 aliphatic carbocycles. The molecule has 1 aromatic rings. The number of fused-ring (bicyclic) bond motifs is 1. The molecule has 1 spiro atoms. The Morgan fingerprint density at radius 1 is 1.37 bits per heavy atom. The zero-order valence-corrected chi connectivity index (χ0v) is 11.9. The van der Waals surface area contributed by atoms with Crippen molar-refractivity contribution in [3.63, 3.8) is 0 Å². The van der Waals surface area contributed by atoms with Crippen LogP contribution in [-0.2, 0) is 11.8 Å². The number of carbonyl (C=O) groups is 1. The fourth-order valence-corrected chi connectivity index (χ4v) is 3.31. The van der Waals surface area contributed by atoms with E-state index >= 15 is 0 Å². The number of aryl methyl sites for hydroxylation is 2. The fourth-order valence-electron chi connectivity index (χ4n) is 3.31. The van der Waals surface area contributed by atoms with E-state index in [1.807, 2.05) is 18.7 Å². The summed E-state index contributed by atoms with van der Waals surface area (Å²) in [5, 5.41) is 10.9. The van der Waals surface area contributed by atoms with Crippen LogP contribution in [0.1, 0.15) is 38.3 Å². The van der Waals surface area contributed by atoms with Gasteiger partial charge in [-0.25, -0.2) is 0 Å². The highest BCUT2D eigenvalue weighted by Gasteiger charge is 2.43. The average molecular weight is 262 g/mol. The standard InChI is InChI=1S/C14H22N4O/c1-9-4-6-14(7-5-9)8-15-12-11(16-13(14)19)10(2)17-18(12)3/h9,15H,4-8H2,1-3H3,(H,16,19). The third kappa shape index (κ3) is 1.91. The highest BCUT2D eigenvalue weighted by Crippen LogP contribution is 2.42. The van der Waals surface area contributed by atoms with E-state index in [1.165, 1.54) is 0 Å². The molecule has 0 atom stereocenters. The summed E-state index contributed by atoms with van der Waals surface area (Å²) < 4.78 is 1.81. The van der Waals surface area contributed by atoms with Gasteiger partial charge in [-0.05, 0) is 38.5 Å². The molecule has 0 bridgehead atoms. The maximum Gasteiger partial charge on any atom is 0.232 e. The predicted octanol–water partition coefficient (Wildman–Crippen LogP) is 2.29. The van der Waals surface area contributed by atoms with Crippen LogP contribution in [0.3, 0.4) is 0 Å². The normalized spacial score (nSPS) is 30.5. The monoisotopic (exact) mass is 262 g/mol. The highest BCUT2D eigenvalue weighted by molar-refractivity contribution is 6.00. The molecule has 19 heavy (non-hydrogen) atoms. The third-order valence-electron chi connectivity index (χ3n) is 4.77. The van der Waals surface area contributed by atoms with Gasteiger partial charge in [-0.15, -0.1) is 0 Å². The maximum atomic E-state index is 12.6. The minimum atomic E-state index is -0.238. The van der Waals surface area contributed by atoms with E-state index in [2.05, 4.69) is 22.7 Å². The molecule has 3 rings (SSSR count). The van der Waals surface area contributed by atoms with E-state index in [4.69, 9.17) is 0 Å². The van der Waals surface area contributed by atoms with Crippen LogP contribution in [0.15, 0.2) is 0 Å². The molecule has 5 heteroatoms. The lowest BCUT2D eigenvalue weighted by Crippen LogP contribution is -2.43. The number of amides is 1. The van der Waals surface area contributed by atoms with Crippen LogP contribution in [-0.4, -0.2) is 22.2 Å². The molecule has 5 nitrogen and oxygen atoms in total. The Bertz CT molecular complexity index is 512. The lowest BCUT2D eigenvalue weighted by atomic mass is 9.70. The first-order valence-electron chi connectivity index (χ1n) is 7.11. The van der Waals surface area contributed by atoms with Crippen molar-refractivity contribution in [2.45, 2.75) is 39.5 Å². The summed E-state index contributed by atoms with van der Waals surface area (Å²) in [5.74, 6) is 1.84. The molecule has 1 aliphatic heterocycles. The molecular formula is C14H22N4O. The summed E-state index contributed by atoms with van der Waals surface area (Å²) in [5.41, 5.74) is 1.49. The zero-order valence-electron chi connectivity index (χ0n) is 11.9. The number of aromatic nitrogens is 2. The van der Waals surface area contributed by atoms with Gasteiger partial charge in [0.05, 0.1) is 11.1 Å². The van der Waals surface area contributed by atoms with Gasteiger partial charge in [-0.2, -0.15) is 5.10 Å². The topological polar surface area (TPSA) is 59.0 Å². The van der Waals surface area contributed by atoms with Gasteiger partial charge in [0, 0.05) is 13.6 Å². The molecule has 2 heterocycles. The van der Waals surface area contributed by atoms with Crippen LogP contribution in [0.2, 0.25) is 0 Å². The van der Waals surface area contributed by atoms with Crippen molar-refractivity contribution in [1.82, 2.24) is 9.78 Å². The van der Waals surface area contributed by atoms with Crippen molar-refractivity contribution in [3.05, 3.63) is 5.69 Å². The van der Waals surface area contributed by atoms with Crippen LogP contribution in [0.25, 0.3) is 0 Å². The van der Waals surface area contributed by atoms with Crippen molar-refractivity contribution < 1.29 is 4.79 Å². The lowest BCUT2D eigenvalue weighted by Gasteiger charge is -2.36. The molecule has 1 fully saturated rings. The Kier molecular flexibility index (Phi) is 2.80. The van der Waals surface area contributed by atoms with Crippen molar-refractivity contribution >= 4 is 17.4 Å². The van der Waals surface area contributed by atoms with Crippen molar-refractivity contribution in [3.8, 4) is 0 Å². The summed E-state index contributed by atoms with van der Waals surface area (Å²) in [6.07, 6.45) is 4.24. The summed E-state index contributed by atoms with van der Waals surface area (Å²) in [6, 6.07) is 0. The Hall–Kier alpha value is -1.52. The number of hydrogen-bond donors (Lipinski definition) is 2. The summed E-state index contributed by atoms with van der Waals surface area (Å²) >= 11 is 0. The van der Waals surface area contributed by atoms with E-state index in [9.17, 15) is 4.79 Å². The highest BCUT2D eigenvalue weighted by atomic mass is 16.2. The lowest BCUT2D eigenvalue weighted by molar-refractivity contribution is -0.126. The smallest absolute Gasteiger partial charge is 0.232 e. The van der Waals surface area contributed by atoms with Gasteiger partial charge in [-0.1, -0.05) is 6.92 Å². The molecule has 1 amide bonds. The number of anilines is 2. The molecule has 0 radical (unpaired) electrons. The molecule has 2 aliphatic rings. The Balaban J connectivity index is 1.90. The van der Waals surface area contributed by atoms with Crippen molar-refractivity contribution in [2.24, 2.45) is 18.4 Å². The SMILES string of the molecule is Cc1nn(C)c2c1NC(=O)C1(CCC(C)CC1)CN2. The molecule has 2 N–H and O–H groups in total. The number of hydrogen-bond acceptors (Lipinski definition) is 3. The first-order chi connectivity index (χ1) is 9.02. The Labute approximate surface area is 113 Å². The molecular weight excluding hydrogens is 240 g/mol. The van der Waals surface area contributed by atoms with E-state index in [1.54, 1.807) is 0 Å². The summed E-state index contributed by atoms with van der Waals surface area (Å²) in [4.78, 5) is 12.6. The first kappa shape index (κ1) is 12.5. The number of nitrogens with one attached hydrogen (secondary N) is 2. The first-order valence-corrected chi connectivity index (χ1v) is 7.11. The maximum absolute atomic E-state index is 12.6. The van der Waals surface area contributed by atoms with Crippen LogP contribution in [0.4, 0.5) is 11.5 Å². The largest absolute Gasteiger partial charge is 0.367 e. The van der Waals surface area contributed by atoms with Gasteiger partial charge >= 0.3 is 0 Å².